The molecule has 2 aliphatic heterocycles. The number of hydrogen-bond acceptors (Lipinski definition) is 4. The molecule has 1 aromatic carbocycles. The van der Waals surface area contributed by atoms with Gasteiger partial charge in [0.15, 0.2) is 0 Å². The van der Waals surface area contributed by atoms with Crippen molar-refractivity contribution < 1.29 is 9.90 Å². The normalized spacial score (nSPS) is 21.7. The highest BCUT2D eigenvalue weighted by atomic mass is 35.5. The van der Waals surface area contributed by atoms with Crippen molar-refractivity contribution >= 4 is 17.5 Å². The molecule has 6 heteroatoms. The number of carbonyl (C=O) groups excluding carboxylic acids is 1. The van der Waals surface area contributed by atoms with Crippen LogP contribution >= 0.6 is 11.6 Å². The summed E-state index contributed by atoms with van der Waals surface area (Å²) in [6.45, 7) is 8.64. The van der Waals surface area contributed by atoms with E-state index in [1.54, 1.807) is 18.2 Å². The number of aromatic hydroxyl groups is 1. The summed E-state index contributed by atoms with van der Waals surface area (Å²) in [5.74, 6) is 0.879. The van der Waals surface area contributed by atoms with Crippen molar-refractivity contribution in [3.8, 4) is 5.75 Å². The molecule has 0 bridgehead atoms. The summed E-state index contributed by atoms with van der Waals surface area (Å²) in [6.07, 6.45) is 2.50. The molecule has 5 nitrogen and oxygen atoms in total. The molecule has 3 rings (SSSR count). The highest BCUT2D eigenvalue weighted by molar-refractivity contribution is 6.32. The summed E-state index contributed by atoms with van der Waals surface area (Å²) in [5.41, 5.74) is 0.853. The second-order valence-corrected chi connectivity index (χ2v) is 8.17. The van der Waals surface area contributed by atoms with Gasteiger partial charge in [0, 0.05) is 45.3 Å². The Bertz CT molecular complexity index is 623. The van der Waals surface area contributed by atoms with Crippen LogP contribution in [0.3, 0.4) is 0 Å². The molecule has 2 heterocycles. The van der Waals surface area contributed by atoms with E-state index in [-0.39, 0.29) is 11.7 Å². The van der Waals surface area contributed by atoms with E-state index >= 15 is 0 Å². The maximum absolute atomic E-state index is 12.6. The molecule has 144 valence electrons. The van der Waals surface area contributed by atoms with Crippen LogP contribution in [0.5, 0.6) is 5.75 Å². The van der Waals surface area contributed by atoms with Gasteiger partial charge in [0.2, 0.25) is 5.91 Å². The average Bonchev–Trinajstić information content (AvgIpc) is 2.65. The fraction of sp³-hybridized carbons (Fsp3) is 0.650. The minimum absolute atomic E-state index is 0.0570. The van der Waals surface area contributed by atoms with Crippen molar-refractivity contribution in [2.45, 2.75) is 32.2 Å². The van der Waals surface area contributed by atoms with Crippen LogP contribution in [0.4, 0.5) is 0 Å². The number of halogens is 1. The molecule has 1 aromatic rings. The fourth-order valence-electron chi connectivity index (χ4n) is 4.11. The number of likely N-dealkylation sites (N-methyl/N-ethyl adjacent to an activating group) is 1. The van der Waals surface area contributed by atoms with Gasteiger partial charge in [-0.1, -0.05) is 17.7 Å². The number of rotatable bonds is 4. The predicted octanol–water partition coefficient (Wildman–Crippen LogP) is 2.46. The Morgan fingerprint density at radius 1 is 1.19 bits per heavy atom. The largest absolute Gasteiger partial charge is 0.506 e. The molecule has 0 radical (unpaired) electrons. The average molecular weight is 380 g/mol. The molecule has 2 fully saturated rings. The third kappa shape index (κ3) is 4.70. The van der Waals surface area contributed by atoms with Crippen molar-refractivity contribution in [2.75, 3.05) is 46.3 Å². The first-order valence-corrected chi connectivity index (χ1v) is 9.99. The summed E-state index contributed by atoms with van der Waals surface area (Å²) >= 11 is 5.94. The molecule has 1 unspecified atom stereocenters. The molecular weight excluding hydrogens is 350 g/mol. The van der Waals surface area contributed by atoms with E-state index in [1.165, 1.54) is 0 Å². The fourth-order valence-corrected chi connectivity index (χ4v) is 4.31. The van der Waals surface area contributed by atoms with E-state index in [0.717, 1.165) is 57.7 Å². The van der Waals surface area contributed by atoms with Crippen LogP contribution in [-0.4, -0.2) is 78.1 Å². The maximum Gasteiger partial charge on any atom is 0.226 e. The summed E-state index contributed by atoms with van der Waals surface area (Å²) in [6, 6.07) is 5.59. The van der Waals surface area contributed by atoms with Crippen LogP contribution in [0.15, 0.2) is 18.2 Å². The van der Waals surface area contributed by atoms with Gasteiger partial charge in [-0.25, -0.2) is 0 Å². The highest BCUT2D eigenvalue weighted by Crippen LogP contribution is 2.27. The van der Waals surface area contributed by atoms with Crippen LogP contribution in [0.1, 0.15) is 25.3 Å². The number of carbonyl (C=O) groups is 1. The number of amides is 1. The molecule has 2 aliphatic rings. The Hall–Kier alpha value is -1.30. The lowest BCUT2D eigenvalue weighted by molar-refractivity contribution is -0.132. The van der Waals surface area contributed by atoms with Gasteiger partial charge in [-0.3, -0.25) is 9.69 Å². The van der Waals surface area contributed by atoms with Gasteiger partial charge in [0.25, 0.3) is 0 Å². The van der Waals surface area contributed by atoms with Gasteiger partial charge in [-0.15, -0.1) is 0 Å². The Morgan fingerprint density at radius 2 is 1.85 bits per heavy atom. The Balaban J connectivity index is 1.48. The zero-order valence-corrected chi connectivity index (χ0v) is 16.6. The number of piperazine rings is 1. The molecule has 0 aromatic heterocycles. The van der Waals surface area contributed by atoms with Gasteiger partial charge in [-0.05, 0) is 50.4 Å². The smallest absolute Gasteiger partial charge is 0.226 e. The highest BCUT2D eigenvalue weighted by Gasteiger charge is 2.30. The number of likely N-dealkylation sites (tertiary alicyclic amines) is 1. The van der Waals surface area contributed by atoms with Gasteiger partial charge >= 0.3 is 0 Å². The van der Waals surface area contributed by atoms with Crippen molar-refractivity contribution in [3.05, 3.63) is 28.8 Å². The molecule has 0 aliphatic carbocycles. The topological polar surface area (TPSA) is 47.0 Å². The van der Waals surface area contributed by atoms with Crippen LogP contribution in [0.25, 0.3) is 0 Å². The van der Waals surface area contributed by atoms with E-state index in [0.29, 0.717) is 23.4 Å². The minimum atomic E-state index is 0.0570. The molecule has 26 heavy (non-hydrogen) atoms. The molecule has 0 spiro atoms. The van der Waals surface area contributed by atoms with Crippen LogP contribution < -0.4 is 0 Å². The number of phenols is 1. The number of benzene rings is 1. The Morgan fingerprint density at radius 3 is 2.46 bits per heavy atom. The van der Waals surface area contributed by atoms with E-state index in [2.05, 4.69) is 23.8 Å². The van der Waals surface area contributed by atoms with E-state index < -0.39 is 0 Å². The van der Waals surface area contributed by atoms with Gasteiger partial charge < -0.3 is 14.9 Å². The second kappa shape index (κ2) is 8.59. The van der Waals surface area contributed by atoms with Crippen LogP contribution in [-0.2, 0) is 11.2 Å². The lowest BCUT2D eigenvalue weighted by Crippen LogP contribution is -2.52. The third-order valence-corrected chi connectivity index (χ3v) is 6.36. The second-order valence-electron chi connectivity index (χ2n) is 7.76. The molecule has 1 amide bonds. The monoisotopic (exact) mass is 379 g/mol. The first kappa shape index (κ1) is 19.5. The van der Waals surface area contributed by atoms with Crippen molar-refractivity contribution in [1.82, 2.24) is 14.7 Å². The predicted molar refractivity (Wildman–Crippen MR) is 105 cm³/mol. The SMILES string of the molecule is CC(C1CCN(C(=O)Cc2ccc(O)c(Cl)c2)CC1)N1CCN(C)CC1. The summed E-state index contributed by atoms with van der Waals surface area (Å²) in [7, 11) is 2.19. The first-order chi connectivity index (χ1) is 12.4. The number of hydrogen-bond donors (Lipinski definition) is 1. The molecule has 0 saturated carbocycles. The van der Waals surface area contributed by atoms with Gasteiger partial charge in [0.05, 0.1) is 11.4 Å². The summed E-state index contributed by atoms with van der Waals surface area (Å²) < 4.78 is 0. The van der Waals surface area contributed by atoms with E-state index in [1.807, 2.05) is 4.90 Å². The minimum Gasteiger partial charge on any atom is -0.506 e. The Kier molecular flexibility index (Phi) is 6.43. The van der Waals surface area contributed by atoms with Crippen LogP contribution in [0, 0.1) is 5.92 Å². The molecule has 2 saturated heterocycles. The van der Waals surface area contributed by atoms with Gasteiger partial charge in [-0.2, -0.15) is 0 Å². The molecule has 1 atom stereocenters. The first-order valence-electron chi connectivity index (χ1n) is 9.62. The van der Waals surface area contributed by atoms with E-state index in [4.69, 9.17) is 11.6 Å². The number of piperidine rings is 1. The van der Waals surface area contributed by atoms with Crippen LogP contribution in [0.2, 0.25) is 5.02 Å². The quantitative estimate of drug-likeness (QED) is 0.873. The Labute approximate surface area is 161 Å². The summed E-state index contributed by atoms with van der Waals surface area (Å²) in [5, 5.41) is 9.80. The standard InChI is InChI=1S/C20H30ClN3O2/c1-15(23-11-9-22(2)10-12-23)17-5-7-24(8-6-17)20(26)14-16-3-4-19(25)18(21)13-16/h3-4,13,15,17,25H,5-12,14H2,1-2H3. The van der Waals surface area contributed by atoms with E-state index in [9.17, 15) is 9.90 Å². The van der Waals surface area contributed by atoms with Crippen molar-refractivity contribution in [1.29, 1.82) is 0 Å². The van der Waals surface area contributed by atoms with Crippen molar-refractivity contribution in [3.63, 3.8) is 0 Å². The zero-order chi connectivity index (χ0) is 18.7. The molecule has 1 N–H and O–H groups in total. The third-order valence-electron chi connectivity index (χ3n) is 6.06. The number of phenolic OH excluding ortho intramolecular Hbond substituents is 1. The lowest BCUT2D eigenvalue weighted by Gasteiger charge is -2.42. The van der Waals surface area contributed by atoms with Crippen molar-refractivity contribution in [2.24, 2.45) is 5.92 Å². The lowest BCUT2D eigenvalue weighted by atomic mass is 9.89. The molecular formula is C20H30ClN3O2. The maximum atomic E-state index is 12.6. The zero-order valence-electron chi connectivity index (χ0n) is 15.8. The summed E-state index contributed by atoms with van der Waals surface area (Å²) in [4.78, 5) is 19.6. The van der Waals surface area contributed by atoms with Gasteiger partial charge in [0.1, 0.15) is 5.75 Å². The number of nitrogens with zero attached hydrogens (tertiary/aromatic N) is 3.